The standard InChI is InChI=1S/C14H14O4/c1-18-12-5-8(15)4-7-2-3-9-10(13(7)12)6-11(16)14(9)17/h4-6,9,14-15,17H,2-3H2,1H3. The van der Waals surface area contributed by atoms with Gasteiger partial charge in [-0.15, -0.1) is 0 Å². The number of carbonyl (C=O) groups is 1. The van der Waals surface area contributed by atoms with E-state index in [1.807, 2.05) is 0 Å². The Hall–Kier alpha value is -1.81. The van der Waals surface area contributed by atoms with Crippen LogP contribution in [0.3, 0.4) is 0 Å². The normalized spacial score (nSPS) is 25.4. The number of carbonyl (C=O) groups excluding carboxylic acids is 1. The first-order valence-electron chi connectivity index (χ1n) is 5.95. The van der Waals surface area contributed by atoms with Gasteiger partial charge < -0.3 is 14.9 Å². The highest BCUT2D eigenvalue weighted by atomic mass is 16.5. The number of rotatable bonds is 1. The van der Waals surface area contributed by atoms with E-state index in [1.165, 1.54) is 19.3 Å². The number of hydrogen-bond acceptors (Lipinski definition) is 4. The molecule has 0 amide bonds. The summed E-state index contributed by atoms with van der Waals surface area (Å²) in [5, 5.41) is 19.5. The van der Waals surface area contributed by atoms with Gasteiger partial charge in [-0.2, -0.15) is 0 Å². The summed E-state index contributed by atoms with van der Waals surface area (Å²) in [6.07, 6.45) is 2.03. The predicted molar refractivity (Wildman–Crippen MR) is 65.5 cm³/mol. The molecule has 0 bridgehead atoms. The Morgan fingerprint density at radius 1 is 1.39 bits per heavy atom. The molecule has 1 aromatic rings. The van der Waals surface area contributed by atoms with Gasteiger partial charge in [0, 0.05) is 17.5 Å². The molecule has 0 aliphatic heterocycles. The summed E-state index contributed by atoms with van der Waals surface area (Å²) in [5.41, 5.74) is 2.67. The summed E-state index contributed by atoms with van der Waals surface area (Å²) in [7, 11) is 1.53. The van der Waals surface area contributed by atoms with Gasteiger partial charge in [0.25, 0.3) is 0 Å². The molecule has 4 heteroatoms. The van der Waals surface area contributed by atoms with Crippen molar-refractivity contribution in [2.45, 2.75) is 18.9 Å². The summed E-state index contributed by atoms with van der Waals surface area (Å²) < 4.78 is 5.28. The maximum atomic E-state index is 11.6. The number of methoxy groups -OCH3 is 1. The number of ether oxygens (including phenoxy) is 1. The lowest BCUT2D eigenvalue weighted by Crippen LogP contribution is -2.25. The van der Waals surface area contributed by atoms with Crippen LogP contribution >= 0.6 is 0 Å². The molecule has 0 aromatic heterocycles. The second-order valence-corrected chi connectivity index (χ2v) is 4.77. The number of phenolic OH excluding ortho intramolecular Hbond substituents is 1. The Morgan fingerprint density at radius 3 is 2.89 bits per heavy atom. The maximum Gasteiger partial charge on any atom is 0.185 e. The van der Waals surface area contributed by atoms with Crippen LogP contribution in [-0.2, 0) is 11.2 Å². The van der Waals surface area contributed by atoms with Gasteiger partial charge in [-0.1, -0.05) is 0 Å². The fourth-order valence-electron chi connectivity index (χ4n) is 2.94. The smallest absolute Gasteiger partial charge is 0.185 e. The van der Waals surface area contributed by atoms with Crippen LogP contribution in [0, 0.1) is 5.92 Å². The zero-order valence-electron chi connectivity index (χ0n) is 10.0. The largest absolute Gasteiger partial charge is 0.508 e. The van der Waals surface area contributed by atoms with E-state index in [0.29, 0.717) is 5.75 Å². The number of aromatic hydroxyl groups is 1. The molecule has 0 spiro atoms. The molecular weight excluding hydrogens is 232 g/mol. The number of hydrogen-bond donors (Lipinski definition) is 2. The molecule has 0 saturated carbocycles. The van der Waals surface area contributed by atoms with Gasteiger partial charge in [0.2, 0.25) is 0 Å². The van der Waals surface area contributed by atoms with Crippen LogP contribution in [-0.4, -0.2) is 29.2 Å². The van der Waals surface area contributed by atoms with Gasteiger partial charge >= 0.3 is 0 Å². The van der Waals surface area contributed by atoms with Gasteiger partial charge in [-0.25, -0.2) is 0 Å². The van der Waals surface area contributed by atoms with E-state index < -0.39 is 6.10 Å². The summed E-state index contributed by atoms with van der Waals surface area (Å²) >= 11 is 0. The third kappa shape index (κ3) is 1.46. The van der Waals surface area contributed by atoms with E-state index in [9.17, 15) is 15.0 Å². The Bertz CT molecular complexity index is 542. The highest BCUT2D eigenvalue weighted by Gasteiger charge is 2.39. The Balaban J connectivity index is 2.20. The zero-order chi connectivity index (χ0) is 12.9. The Labute approximate surface area is 105 Å². The van der Waals surface area contributed by atoms with Gasteiger partial charge in [0.15, 0.2) is 5.78 Å². The van der Waals surface area contributed by atoms with Crippen molar-refractivity contribution in [3.8, 4) is 11.5 Å². The topological polar surface area (TPSA) is 66.8 Å². The molecule has 1 aromatic carbocycles. The van der Waals surface area contributed by atoms with Gasteiger partial charge in [-0.05, 0) is 36.1 Å². The number of aryl methyl sites for hydroxylation is 1. The van der Waals surface area contributed by atoms with Crippen LogP contribution in [0.5, 0.6) is 11.5 Å². The number of ketones is 1. The molecule has 0 radical (unpaired) electrons. The minimum atomic E-state index is -0.924. The third-order valence-corrected chi connectivity index (χ3v) is 3.77. The van der Waals surface area contributed by atoms with E-state index in [-0.39, 0.29) is 17.5 Å². The molecule has 2 N–H and O–H groups in total. The molecule has 0 heterocycles. The fourth-order valence-corrected chi connectivity index (χ4v) is 2.94. The number of aliphatic hydroxyl groups excluding tert-OH is 1. The zero-order valence-corrected chi connectivity index (χ0v) is 10.0. The summed E-state index contributed by atoms with van der Waals surface area (Å²) in [6, 6.07) is 3.24. The van der Waals surface area contributed by atoms with Gasteiger partial charge in [0.1, 0.15) is 17.6 Å². The molecule has 18 heavy (non-hydrogen) atoms. The van der Waals surface area contributed by atoms with Crippen molar-refractivity contribution in [2.75, 3.05) is 7.11 Å². The predicted octanol–water partition coefficient (Wildman–Crippen LogP) is 1.29. The molecule has 2 aliphatic rings. The second-order valence-electron chi connectivity index (χ2n) is 4.77. The number of benzene rings is 1. The molecule has 2 unspecified atom stereocenters. The van der Waals surface area contributed by atoms with Crippen LogP contribution in [0.1, 0.15) is 17.5 Å². The molecule has 94 valence electrons. The van der Waals surface area contributed by atoms with E-state index in [2.05, 4.69) is 0 Å². The highest BCUT2D eigenvalue weighted by Crippen LogP contribution is 2.46. The van der Waals surface area contributed by atoms with E-state index in [4.69, 9.17) is 4.74 Å². The summed E-state index contributed by atoms with van der Waals surface area (Å²) in [6.45, 7) is 0. The minimum Gasteiger partial charge on any atom is -0.508 e. The second kappa shape index (κ2) is 3.85. The average Bonchev–Trinajstić information content (AvgIpc) is 2.64. The lowest BCUT2D eigenvalue weighted by atomic mass is 9.79. The lowest BCUT2D eigenvalue weighted by Gasteiger charge is -2.27. The average molecular weight is 246 g/mol. The Morgan fingerprint density at radius 2 is 2.17 bits per heavy atom. The van der Waals surface area contributed by atoms with E-state index >= 15 is 0 Å². The summed E-state index contributed by atoms with van der Waals surface area (Å²) in [4.78, 5) is 11.6. The van der Waals surface area contributed by atoms with Crippen LogP contribution in [0.2, 0.25) is 0 Å². The summed E-state index contributed by atoms with van der Waals surface area (Å²) in [5.74, 6) is 0.346. The van der Waals surface area contributed by atoms with Crippen molar-refractivity contribution in [1.29, 1.82) is 0 Å². The SMILES string of the molecule is COc1cc(O)cc2c1C1=CC(=O)C(O)C1CC2. The van der Waals surface area contributed by atoms with Crippen LogP contribution in [0.4, 0.5) is 0 Å². The first-order chi connectivity index (χ1) is 8.61. The van der Waals surface area contributed by atoms with Gasteiger partial charge in [-0.3, -0.25) is 4.79 Å². The minimum absolute atomic E-state index is 0.136. The van der Waals surface area contributed by atoms with Crippen molar-refractivity contribution in [1.82, 2.24) is 0 Å². The molecular formula is C14H14O4. The van der Waals surface area contributed by atoms with Crippen LogP contribution in [0.25, 0.3) is 5.57 Å². The Kier molecular flexibility index (Phi) is 2.41. The first-order valence-corrected chi connectivity index (χ1v) is 5.95. The quantitative estimate of drug-likeness (QED) is 0.783. The number of fused-ring (bicyclic) bond motifs is 3. The third-order valence-electron chi connectivity index (χ3n) is 3.77. The molecule has 2 atom stereocenters. The van der Waals surface area contributed by atoms with Crippen molar-refractivity contribution >= 4 is 11.4 Å². The van der Waals surface area contributed by atoms with Crippen molar-refractivity contribution in [3.05, 3.63) is 29.3 Å². The first kappa shape index (κ1) is 11.3. The lowest BCUT2D eigenvalue weighted by molar-refractivity contribution is -0.122. The van der Waals surface area contributed by atoms with Crippen LogP contribution in [0.15, 0.2) is 18.2 Å². The van der Waals surface area contributed by atoms with Gasteiger partial charge in [0.05, 0.1) is 7.11 Å². The molecule has 0 fully saturated rings. The van der Waals surface area contributed by atoms with Crippen molar-refractivity contribution in [3.63, 3.8) is 0 Å². The fraction of sp³-hybridized carbons (Fsp3) is 0.357. The number of phenols is 1. The maximum absolute atomic E-state index is 11.6. The molecule has 3 rings (SSSR count). The molecule has 0 saturated heterocycles. The van der Waals surface area contributed by atoms with Crippen LogP contribution < -0.4 is 4.74 Å². The van der Waals surface area contributed by atoms with Crippen molar-refractivity contribution < 1.29 is 19.7 Å². The van der Waals surface area contributed by atoms with E-state index in [0.717, 1.165) is 29.5 Å². The van der Waals surface area contributed by atoms with Crippen molar-refractivity contribution in [2.24, 2.45) is 5.92 Å². The molecule has 4 nitrogen and oxygen atoms in total. The number of aliphatic hydroxyl groups is 1. The monoisotopic (exact) mass is 246 g/mol. The highest BCUT2D eigenvalue weighted by molar-refractivity contribution is 6.07. The van der Waals surface area contributed by atoms with E-state index in [1.54, 1.807) is 6.07 Å². The molecule has 2 aliphatic carbocycles.